The van der Waals surface area contributed by atoms with E-state index in [9.17, 15) is 9.90 Å². The maximum atomic E-state index is 12.3. The van der Waals surface area contributed by atoms with Gasteiger partial charge in [-0.25, -0.2) is 4.98 Å². The number of ether oxygens (including phenoxy) is 1. The van der Waals surface area contributed by atoms with Crippen molar-refractivity contribution in [1.29, 1.82) is 0 Å². The number of carbonyl (C=O) groups excluding carboxylic acids is 1. The molecule has 2 atom stereocenters. The number of hydrogen-bond donors (Lipinski definition) is 3. The number of allylic oxidation sites excluding steroid dienone is 1. The zero-order valence-corrected chi connectivity index (χ0v) is 18.1. The van der Waals surface area contributed by atoms with Crippen LogP contribution in [0.5, 0.6) is 0 Å². The first kappa shape index (κ1) is 23.5. The molecule has 0 radical (unpaired) electrons. The van der Waals surface area contributed by atoms with Crippen molar-refractivity contribution in [3.63, 3.8) is 0 Å². The van der Waals surface area contributed by atoms with E-state index in [1.807, 2.05) is 0 Å². The molecule has 9 heteroatoms. The van der Waals surface area contributed by atoms with Gasteiger partial charge in [-0.1, -0.05) is 11.6 Å². The number of hydrogen-bond acceptors (Lipinski definition) is 7. The average molecular weight is 426 g/mol. The van der Waals surface area contributed by atoms with Crippen molar-refractivity contribution < 1.29 is 24.5 Å². The quantitative estimate of drug-likeness (QED) is 0.499. The van der Waals surface area contributed by atoms with E-state index in [-0.39, 0.29) is 18.0 Å². The normalized spacial score (nSPS) is 26.1. The zero-order chi connectivity index (χ0) is 21.5. The van der Waals surface area contributed by atoms with Gasteiger partial charge >= 0.3 is 0 Å². The first-order valence-corrected chi connectivity index (χ1v) is 10.6. The smallest absolute Gasteiger partial charge is 0.290 e. The molecule has 2 aliphatic rings. The topological polar surface area (TPSA) is 112 Å². The van der Waals surface area contributed by atoms with Crippen LogP contribution in [-0.4, -0.2) is 76.0 Å². The van der Waals surface area contributed by atoms with Crippen LogP contribution < -0.4 is 5.32 Å². The molecule has 0 bridgehead atoms. The predicted octanol–water partition coefficient (Wildman–Crippen LogP) is 1.91. The number of piperidine rings is 1. The summed E-state index contributed by atoms with van der Waals surface area (Å²) in [5.74, 6) is -0.257. The molecule has 2 aliphatic heterocycles. The number of aliphatic hydroxyl groups is 1. The van der Waals surface area contributed by atoms with Gasteiger partial charge in [0, 0.05) is 31.4 Å². The summed E-state index contributed by atoms with van der Waals surface area (Å²) in [6.07, 6.45) is 4.61. The molecule has 162 valence electrons. The SMILES string of the molecule is CC(C)=CCN1CCC2(CC1)C[C@](C)(O)[C@@H](NC(=O)c1cscn1)CO2.O=CO. The largest absolute Gasteiger partial charge is 0.483 e. The maximum Gasteiger partial charge on any atom is 0.290 e. The Morgan fingerprint density at radius 3 is 2.62 bits per heavy atom. The molecule has 0 aliphatic carbocycles. The molecule has 1 amide bonds. The second-order valence-corrected chi connectivity index (χ2v) is 8.83. The lowest BCUT2D eigenvalue weighted by Gasteiger charge is -2.51. The monoisotopic (exact) mass is 425 g/mol. The lowest BCUT2D eigenvalue weighted by molar-refractivity contribution is -0.185. The summed E-state index contributed by atoms with van der Waals surface area (Å²) in [7, 11) is 0. The Morgan fingerprint density at radius 1 is 1.45 bits per heavy atom. The highest BCUT2D eigenvalue weighted by Gasteiger charge is 2.49. The number of carbonyl (C=O) groups is 2. The molecule has 3 rings (SSSR count). The molecule has 29 heavy (non-hydrogen) atoms. The van der Waals surface area contributed by atoms with Crippen LogP contribution in [0.3, 0.4) is 0 Å². The molecule has 1 aromatic heterocycles. The van der Waals surface area contributed by atoms with Crippen LogP contribution in [-0.2, 0) is 9.53 Å². The standard InChI is InChI=1S/C19H29N3O3S.CH2O2/c1-14(2)4-7-22-8-5-19(6-9-22)12-18(3,24)16(10-25-19)21-17(23)15-11-26-13-20-15;2-1-3/h4,11,13,16,24H,5-10,12H2,1-3H3,(H,21,23);1H,(H,2,3)/t16-,18-;/m0./s1. The van der Waals surface area contributed by atoms with E-state index in [0.717, 1.165) is 32.5 Å². The number of likely N-dealkylation sites (tertiary alicyclic amines) is 1. The summed E-state index contributed by atoms with van der Waals surface area (Å²) in [5.41, 5.74) is 2.07. The second kappa shape index (κ2) is 10.3. The number of aromatic nitrogens is 1. The number of nitrogens with zero attached hydrogens (tertiary/aromatic N) is 2. The van der Waals surface area contributed by atoms with Gasteiger partial charge in [0.05, 0.1) is 29.4 Å². The molecule has 3 heterocycles. The highest BCUT2D eigenvalue weighted by atomic mass is 32.1. The van der Waals surface area contributed by atoms with E-state index in [1.165, 1.54) is 16.9 Å². The summed E-state index contributed by atoms with van der Waals surface area (Å²) < 4.78 is 6.21. The maximum absolute atomic E-state index is 12.3. The second-order valence-electron chi connectivity index (χ2n) is 8.12. The molecule has 0 saturated carbocycles. The molecular formula is C20H31N3O5S. The predicted molar refractivity (Wildman–Crippen MR) is 111 cm³/mol. The van der Waals surface area contributed by atoms with Crippen molar-refractivity contribution >= 4 is 23.7 Å². The van der Waals surface area contributed by atoms with Crippen molar-refractivity contribution in [2.75, 3.05) is 26.2 Å². The van der Waals surface area contributed by atoms with Gasteiger partial charge in [0.15, 0.2) is 0 Å². The molecule has 8 nitrogen and oxygen atoms in total. The van der Waals surface area contributed by atoms with E-state index in [0.29, 0.717) is 18.7 Å². The average Bonchev–Trinajstić information content (AvgIpc) is 3.19. The molecule has 0 unspecified atom stereocenters. The van der Waals surface area contributed by atoms with Crippen molar-refractivity contribution in [2.24, 2.45) is 0 Å². The van der Waals surface area contributed by atoms with E-state index in [2.05, 4.69) is 35.1 Å². The Hall–Kier alpha value is -1.81. The minimum atomic E-state index is -0.994. The minimum absolute atomic E-state index is 0.250. The molecule has 3 N–H and O–H groups in total. The van der Waals surface area contributed by atoms with Gasteiger partial charge in [-0.2, -0.15) is 0 Å². The molecule has 0 aromatic carbocycles. The Bertz CT molecular complexity index is 693. The number of amides is 1. The van der Waals surface area contributed by atoms with Crippen LogP contribution in [0, 0.1) is 0 Å². The first-order chi connectivity index (χ1) is 13.7. The highest BCUT2D eigenvalue weighted by Crippen LogP contribution is 2.39. The van der Waals surface area contributed by atoms with Crippen LogP contribution in [0.1, 0.15) is 50.5 Å². The first-order valence-electron chi connectivity index (χ1n) is 9.70. The molecule has 2 saturated heterocycles. The van der Waals surface area contributed by atoms with E-state index >= 15 is 0 Å². The molecule has 1 aromatic rings. The third-order valence-corrected chi connectivity index (χ3v) is 6.07. The van der Waals surface area contributed by atoms with Crippen molar-refractivity contribution in [3.8, 4) is 0 Å². The lowest BCUT2D eigenvalue weighted by atomic mass is 9.75. The summed E-state index contributed by atoms with van der Waals surface area (Å²) in [6.45, 7) is 9.03. The molecule has 1 spiro atoms. The van der Waals surface area contributed by atoms with E-state index < -0.39 is 11.6 Å². The number of carboxylic acid groups (broad SMARTS) is 1. The van der Waals surface area contributed by atoms with Crippen LogP contribution >= 0.6 is 11.3 Å². The Kier molecular flexibility index (Phi) is 8.33. The fourth-order valence-corrected chi connectivity index (χ4v) is 4.33. The Balaban J connectivity index is 0.000000941. The molecule has 2 fully saturated rings. The minimum Gasteiger partial charge on any atom is -0.483 e. The van der Waals surface area contributed by atoms with Crippen LogP contribution in [0.4, 0.5) is 0 Å². The number of thiazole rings is 1. The van der Waals surface area contributed by atoms with E-state index in [4.69, 9.17) is 14.6 Å². The van der Waals surface area contributed by atoms with Gasteiger partial charge in [-0.15, -0.1) is 11.3 Å². The lowest BCUT2D eigenvalue weighted by Crippen LogP contribution is -2.63. The summed E-state index contributed by atoms with van der Waals surface area (Å²) in [4.78, 5) is 27.1. The molecular weight excluding hydrogens is 394 g/mol. The van der Waals surface area contributed by atoms with Crippen LogP contribution in [0.2, 0.25) is 0 Å². The highest BCUT2D eigenvalue weighted by molar-refractivity contribution is 7.07. The number of nitrogens with one attached hydrogen (secondary N) is 1. The van der Waals surface area contributed by atoms with Gasteiger partial charge < -0.3 is 20.3 Å². The Morgan fingerprint density at radius 2 is 2.10 bits per heavy atom. The van der Waals surface area contributed by atoms with Crippen LogP contribution in [0.15, 0.2) is 22.5 Å². The third kappa shape index (κ3) is 6.60. The fourth-order valence-electron chi connectivity index (χ4n) is 3.80. The van der Waals surface area contributed by atoms with E-state index in [1.54, 1.807) is 17.8 Å². The zero-order valence-electron chi connectivity index (χ0n) is 17.3. The summed E-state index contributed by atoms with van der Waals surface area (Å²) in [5, 5.41) is 22.5. The van der Waals surface area contributed by atoms with Gasteiger partial charge in [-0.05, 0) is 33.6 Å². The van der Waals surface area contributed by atoms with Gasteiger partial charge in [-0.3, -0.25) is 14.5 Å². The van der Waals surface area contributed by atoms with Crippen molar-refractivity contribution in [3.05, 3.63) is 28.2 Å². The number of rotatable bonds is 4. The summed E-state index contributed by atoms with van der Waals surface area (Å²) >= 11 is 1.38. The van der Waals surface area contributed by atoms with Gasteiger partial charge in [0.2, 0.25) is 0 Å². The summed E-state index contributed by atoms with van der Waals surface area (Å²) in [6, 6.07) is -0.425. The van der Waals surface area contributed by atoms with Gasteiger partial charge in [0.25, 0.3) is 12.4 Å². The van der Waals surface area contributed by atoms with Crippen LogP contribution in [0.25, 0.3) is 0 Å². The van der Waals surface area contributed by atoms with Crippen molar-refractivity contribution in [2.45, 2.75) is 57.3 Å². The van der Waals surface area contributed by atoms with Gasteiger partial charge in [0.1, 0.15) is 5.69 Å². The Labute approximate surface area is 175 Å². The van der Waals surface area contributed by atoms with Crippen molar-refractivity contribution in [1.82, 2.24) is 15.2 Å². The fraction of sp³-hybridized carbons (Fsp3) is 0.650. The third-order valence-electron chi connectivity index (χ3n) is 5.48.